The van der Waals surface area contributed by atoms with Gasteiger partial charge >= 0.3 is 0 Å². The number of hydrogen-bond acceptors (Lipinski definition) is 3. The molecule has 1 fully saturated rings. The van der Waals surface area contributed by atoms with Crippen LogP contribution >= 0.6 is 11.8 Å². The minimum absolute atomic E-state index is 0.569. The maximum absolute atomic E-state index is 9.02. The Balaban J connectivity index is 2.04. The van der Waals surface area contributed by atoms with E-state index in [0.717, 1.165) is 11.5 Å². The second kappa shape index (κ2) is 3.57. The van der Waals surface area contributed by atoms with Gasteiger partial charge in [-0.15, -0.1) is 0 Å². The topological polar surface area (TPSA) is 41.6 Å². The molecule has 1 saturated carbocycles. The molecule has 4 heteroatoms. The zero-order valence-electron chi connectivity index (χ0n) is 8.57. The van der Waals surface area contributed by atoms with E-state index in [-0.39, 0.29) is 0 Å². The molecule has 78 valence electrons. The maximum atomic E-state index is 9.02. The largest absolute Gasteiger partial charge is 0.264 e. The van der Waals surface area contributed by atoms with Crippen LogP contribution in [-0.2, 0) is 11.5 Å². The third kappa shape index (κ3) is 1.37. The SMILES string of the molecule is N#Cc1nn(C2CCCC2)c2c1CSC2. The van der Waals surface area contributed by atoms with Crippen LogP contribution in [0, 0.1) is 11.3 Å². The van der Waals surface area contributed by atoms with E-state index >= 15 is 0 Å². The van der Waals surface area contributed by atoms with Gasteiger partial charge in [0.05, 0.1) is 11.7 Å². The van der Waals surface area contributed by atoms with E-state index in [0.29, 0.717) is 11.7 Å². The average molecular weight is 219 g/mol. The fraction of sp³-hybridized carbons (Fsp3) is 0.636. The number of thioether (sulfide) groups is 1. The number of hydrogen-bond donors (Lipinski definition) is 0. The molecule has 0 radical (unpaired) electrons. The lowest BCUT2D eigenvalue weighted by atomic mass is 10.2. The summed E-state index contributed by atoms with van der Waals surface area (Å²) in [7, 11) is 0. The van der Waals surface area contributed by atoms with E-state index in [2.05, 4.69) is 15.8 Å². The zero-order chi connectivity index (χ0) is 10.3. The maximum Gasteiger partial charge on any atom is 0.166 e. The summed E-state index contributed by atoms with van der Waals surface area (Å²) in [4.78, 5) is 0. The van der Waals surface area contributed by atoms with Crippen LogP contribution < -0.4 is 0 Å². The molecule has 0 saturated heterocycles. The summed E-state index contributed by atoms with van der Waals surface area (Å²) in [5.41, 5.74) is 3.19. The van der Waals surface area contributed by atoms with Gasteiger partial charge in [-0.05, 0) is 12.8 Å². The Kier molecular flexibility index (Phi) is 2.21. The first kappa shape index (κ1) is 9.29. The highest BCUT2D eigenvalue weighted by Crippen LogP contribution is 2.37. The highest BCUT2D eigenvalue weighted by molar-refractivity contribution is 7.98. The zero-order valence-corrected chi connectivity index (χ0v) is 9.39. The number of aromatic nitrogens is 2. The molecule has 0 N–H and O–H groups in total. The molecule has 3 nitrogen and oxygen atoms in total. The second-order valence-electron chi connectivity index (χ2n) is 4.26. The van der Waals surface area contributed by atoms with Crippen LogP contribution in [0.5, 0.6) is 0 Å². The number of nitrogens with zero attached hydrogens (tertiary/aromatic N) is 3. The van der Waals surface area contributed by atoms with E-state index in [9.17, 15) is 0 Å². The molecule has 2 heterocycles. The van der Waals surface area contributed by atoms with Gasteiger partial charge in [0.1, 0.15) is 6.07 Å². The molecule has 3 rings (SSSR count). The first-order valence-electron chi connectivity index (χ1n) is 5.48. The van der Waals surface area contributed by atoms with Crippen molar-refractivity contribution in [3.05, 3.63) is 17.0 Å². The van der Waals surface area contributed by atoms with Gasteiger partial charge in [-0.2, -0.15) is 22.1 Å². The standard InChI is InChI=1S/C11H13N3S/c12-5-10-9-6-15-7-11(9)14(13-10)8-3-1-2-4-8/h8H,1-4,6-7H2. The van der Waals surface area contributed by atoms with E-state index in [1.54, 1.807) is 0 Å². The normalized spacial score (nSPS) is 20.5. The Morgan fingerprint density at radius 1 is 1.33 bits per heavy atom. The van der Waals surface area contributed by atoms with Crippen molar-refractivity contribution >= 4 is 11.8 Å². The molecule has 1 aromatic heterocycles. The van der Waals surface area contributed by atoms with Crippen LogP contribution in [0.25, 0.3) is 0 Å². The Morgan fingerprint density at radius 3 is 2.87 bits per heavy atom. The molecule has 0 amide bonds. The predicted octanol–water partition coefficient (Wildman–Crippen LogP) is 2.62. The number of nitriles is 1. The van der Waals surface area contributed by atoms with Crippen LogP contribution in [0.1, 0.15) is 48.7 Å². The smallest absolute Gasteiger partial charge is 0.166 e. The first-order valence-corrected chi connectivity index (χ1v) is 6.63. The molecular weight excluding hydrogens is 206 g/mol. The molecule has 0 bridgehead atoms. The fourth-order valence-corrected chi connectivity index (χ4v) is 3.71. The van der Waals surface area contributed by atoms with Crippen LogP contribution in [0.15, 0.2) is 0 Å². The molecule has 1 aromatic rings. The van der Waals surface area contributed by atoms with Crippen molar-refractivity contribution < 1.29 is 0 Å². The van der Waals surface area contributed by atoms with Gasteiger partial charge < -0.3 is 0 Å². The van der Waals surface area contributed by atoms with Crippen molar-refractivity contribution in [2.75, 3.05) is 0 Å². The molecule has 0 aromatic carbocycles. The third-order valence-corrected chi connectivity index (χ3v) is 4.35. The van der Waals surface area contributed by atoms with Crippen molar-refractivity contribution in [1.29, 1.82) is 5.26 Å². The highest BCUT2D eigenvalue weighted by Gasteiger charge is 2.27. The Labute approximate surface area is 93.5 Å². The number of fused-ring (bicyclic) bond motifs is 1. The number of rotatable bonds is 1. The second-order valence-corrected chi connectivity index (χ2v) is 5.25. The Hall–Kier alpha value is -0.950. The molecule has 1 aliphatic heterocycles. The monoisotopic (exact) mass is 219 g/mol. The minimum atomic E-state index is 0.569. The van der Waals surface area contributed by atoms with Crippen LogP contribution in [-0.4, -0.2) is 9.78 Å². The van der Waals surface area contributed by atoms with Crippen molar-refractivity contribution in [2.24, 2.45) is 0 Å². The summed E-state index contributed by atoms with van der Waals surface area (Å²) in [6, 6.07) is 2.79. The van der Waals surface area contributed by atoms with Gasteiger partial charge in [-0.3, -0.25) is 4.68 Å². The van der Waals surface area contributed by atoms with Gasteiger partial charge in [-0.25, -0.2) is 0 Å². The van der Waals surface area contributed by atoms with Gasteiger partial charge in [-0.1, -0.05) is 12.8 Å². The van der Waals surface area contributed by atoms with E-state index in [1.165, 1.54) is 36.9 Å². The lowest BCUT2D eigenvalue weighted by molar-refractivity contribution is 0.455. The van der Waals surface area contributed by atoms with Crippen molar-refractivity contribution in [1.82, 2.24) is 9.78 Å². The van der Waals surface area contributed by atoms with Gasteiger partial charge in [0, 0.05) is 17.1 Å². The summed E-state index contributed by atoms with van der Waals surface area (Å²) in [6.07, 6.45) is 5.11. The molecule has 15 heavy (non-hydrogen) atoms. The van der Waals surface area contributed by atoms with Crippen LogP contribution in [0.2, 0.25) is 0 Å². The summed E-state index contributed by atoms with van der Waals surface area (Å²) < 4.78 is 2.15. The van der Waals surface area contributed by atoms with E-state index in [4.69, 9.17) is 5.26 Å². The highest BCUT2D eigenvalue weighted by atomic mass is 32.2. The predicted molar refractivity (Wildman–Crippen MR) is 59.4 cm³/mol. The van der Waals surface area contributed by atoms with Gasteiger partial charge in [0.2, 0.25) is 0 Å². The fourth-order valence-electron chi connectivity index (χ4n) is 2.60. The molecule has 0 unspecified atom stereocenters. The van der Waals surface area contributed by atoms with E-state index in [1.807, 2.05) is 11.8 Å². The molecule has 2 aliphatic rings. The molecule has 0 atom stereocenters. The molecule has 0 spiro atoms. The Morgan fingerprint density at radius 2 is 2.13 bits per heavy atom. The van der Waals surface area contributed by atoms with Crippen LogP contribution in [0.3, 0.4) is 0 Å². The van der Waals surface area contributed by atoms with Crippen molar-refractivity contribution in [3.63, 3.8) is 0 Å². The van der Waals surface area contributed by atoms with E-state index < -0.39 is 0 Å². The van der Waals surface area contributed by atoms with Crippen molar-refractivity contribution in [2.45, 2.75) is 43.2 Å². The third-order valence-electron chi connectivity index (χ3n) is 3.38. The quantitative estimate of drug-likeness (QED) is 0.729. The van der Waals surface area contributed by atoms with Gasteiger partial charge in [0.25, 0.3) is 0 Å². The van der Waals surface area contributed by atoms with Gasteiger partial charge in [0.15, 0.2) is 5.69 Å². The first-order chi connectivity index (χ1) is 7.40. The lowest BCUT2D eigenvalue weighted by Gasteiger charge is -2.12. The Bertz CT molecular complexity index is 424. The van der Waals surface area contributed by atoms with Crippen LogP contribution in [0.4, 0.5) is 0 Å². The summed E-state index contributed by atoms with van der Waals surface area (Å²) >= 11 is 1.90. The summed E-state index contributed by atoms with van der Waals surface area (Å²) in [6.45, 7) is 0. The molecule has 1 aliphatic carbocycles. The minimum Gasteiger partial charge on any atom is -0.264 e. The average Bonchev–Trinajstić information content (AvgIpc) is 2.94. The summed E-state index contributed by atoms with van der Waals surface area (Å²) in [5.74, 6) is 2.02. The lowest BCUT2D eigenvalue weighted by Crippen LogP contribution is -2.09. The van der Waals surface area contributed by atoms with Crippen molar-refractivity contribution in [3.8, 4) is 6.07 Å². The molecular formula is C11H13N3S. The summed E-state index contributed by atoms with van der Waals surface area (Å²) in [5, 5.41) is 13.5.